The molecule has 14 heavy (non-hydrogen) atoms. The van der Waals surface area contributed by atoms with Crippen LogP contribution < -0.4 is 0 Å². The fourth-order valence-electron chi connectivity index (χ4n) is 1.77. The van der Waals surface area contributed by atoms with Crippen LogP contribution >= 0.6 is 0 Å². The molecule has 1 rings (SSSR count). The topological polar surface area (TPSA) is 0 Å². The van der Waals surface area contributed by atoms with E-state index in [0.29, 0.717) is 0 Å². The lowest BCUT2D eigenvalue weighted by Crippen LogP contribution is -1.79. The summed E-state index contributed by atoms with van der Waals surface area (Å²) in [6, 6.07) is 0. The SMILES string of the molecule is [CH]1/C=C/CCCCCCC/C=C\CC1. The summed E-state index contributed by atoms with van der Waals surface area (Å²) in [5.41, 5.74) is 0. The fourth-order valence-corrected chi connectivity index (χ4v) is 1.77. The van der Waals surface area contributed by atoms with Crippen LogP contribution in [0.2, 0.25) is 0 Å². The van der Waals surface area contributed by atoms with Crippen molar-refractivity contribution in [1.82, 2.24) is 0 Å². The second kappa shape index (κ2) is 9.05. The van der Waals surface area contributed by atoms with E-state index >= 15 is 0 Å². The summed E-state index contributed by atoms with van der Waals surface area (Å²) in [5.74, 6) is 0. The molecule has 0 nitrogen and oxygen atoms in total. The Morgan fingerprint density at radius 3 is 2.00 bits per heavy atom. The molecule has 0 atom stereocenters. The number of rotatable bonds is 0. The van der Waals surface area contributed by atoms with E-state index in [1.54, 1.807) is 0 Å². The second-order valence-electron chi connectivity index (χ2n) is 4.06. The highest BCUT2D eigenvalue weighted by atomic mass is 14.0. The van der Waals surface area contributed by atoms with Crippen LogP contribution in [0.25, 0.3) is 0 Å². The molecule has 0 fully saturated rings. The molecule has 0 aromatic carbocycles. The lowest BCUT2D eigenvalue weighted by atomic mass is 10.1. The number of hydrogen-bond acceptors (Lipinski definition) is 0. The van der Waals surface area contributed by atoms with Gasteiger partial charge in [-0.15, -0.1) is 0 Å². The smallest absolute Gasteiger partial charge is 0.0167 e. The zero-order valence-electron chi connectivity index (χ0n) is 9.25. The molecule has 1 aliphatic carbocycles. The molecular weight excluding hydrogens is 168 g/mol. The van der Waals surface area contributed by atoms with Gasteiger partial charge in [0.15, 0.2) is 0 Å². The highest BCUT2D eigenvalue weighted by Gasteiger charge is 1.90. The largest absolute Gasteiger partial charge is 0.0885 e. The third kappa shape index (κ3) is 6.94. The zero-order chi connectivity index (χ0) is 9.90. The molecular formula is C14H23. The van der Waals surface area contributed by atoms with Gasteiger partial charge in [0.1, 0.15) is 0 Å². The van der Waals surface area contributed by atoms with Crippen LogP contribution in [-0.4, -0.2) is 0 Å². The van der Waals surface area contributed by atoms with Crippen molar-refractivity contribution in [1.29, 1.82) is 0 Å². The van der Waals surface area contributed by atoms with Crippen LogP contribution in [0.1, 0.15) is 57.8 Å². The molecule has 0 spiro atoms. The van der Waals surface area contributed by atoms with E-state index in [9.17, 15) is 0 Å². The third-order valence-corrected chi connectivity index (χ3v) is 2.68. The first-order valence-corrected chi connectivity index (χ1v) is 6.13. The Morgan fingerprint density at radius 1 is 0.500 bits per heavy atom. The summed E-state index contributed by atoms with van der Waals surface area (Å²) in [7, 11) is 0. The van der Waals surface area contributed by atoms with Gasteiger partial charge in [0, 0.05) is 0 Å². The van der Waals surface area contributed by atoms with E-state index < -0.39 is 0 Å². The standard InChI is InChI=1S/C14H23/c1-2-4-6-8-10-12-14-13-11-9-7-5-3-1/h1-3,8,10H,4-7,9,11-14H2/b3-1+,10-8-. The molecule has 0 N–H and O–H groups in total. The predicted octanol–water partition coefficient (Wildman–Crippen LogP) is 4.83. The molecule has 0 saturated heterocycles. The first-order valence-electron chi connectivity index (χ1n) is 6.13. The summed E-state index contributed by atoms with van der Waals surface area (Å²) < 4.78 is 0. The lowest BCUT2D eigenvalue weighted by molar-refractivity contribution is 0.621. The lowest BCUT2D eigenvalue weighted by Gasteiger charge is -1.99. The van der Waals surface area contributed by atoms with Crippen LogP contribution in [0.3, 0.4) is 0 Å². The molecule has 0 heterocycles. The van der Waals surface area contributed by atoms with E-state index in [1.165, 1.54) is 57.8 Å². The molecule has 0 amide bonds. The molecule has 0 saturated carbocycles. The van der Waals surface area contributed by atoms with Crippen molar-refractivity contribution in [3.8, 4) is 0 Å². The first-order chi connectivity index (χ1) is 7.00. The van der Waals surface area contributed by atoms with Crippen LogP contribution in [0.4, 0.5) is 0 Å². The van der Waals surface area contributed by atoms with Crippen LogP contribution in [-0.2, 0) is 0 Å². The second-order valence-corrected chi connectivity index (χ2v) is 4.06. The maximum Gasteiger partial charge on any atom is -0.0167 e. The van der Waals surface area contributed by atoms with E-state index in [-0.39, 0.29) is 0 Å². The van der Waals surface area contributed by atoms with Crippen molar-refractivity contribution in [2.45, 2.75) is 57.8 Å². The minimum Gasteiger partial charge on any atom is -0.0885 e. The first kappa shape index (κ1) is 11.6. The number of allylic oxidation sites excluding steroid dienone is 4. The molecule has 0 aromatic heterocycles. The van der Waals surface area contributed by atoms with Crippen LogP contribution in [0.5, 0.6) is 0 Å². The van der Waals surface area contributed by atoms with E-state index in [1.807, 2.05) is 0 Å². The molecule has 0 aromatic rings. The molecule has 1 radical (unpaired) electrons. The van der Waals surface area contributed by atoms with E-state index in [4.69, 9.17) is 0 Å². The van der Waals surface area contributed by atoms with Gasteiger partial charge in [0.25, 0.3) is 0 Å². The van der Waals surface area contributed by atoms with Crippen molar-refractivity contribution in [3.63, 3.8) is 0 Å². The highest BCUT2D eigenvalue weighted by Crippen LogP contribution is 2.09. The molecule has 0 bridgehead atoms. The fraction of sp³-hybridized carbons (Fsp3) is 0.643. The summed E-state index contributed by atoms with van der Waals surface area (Å²) in [6.45, 7) is 0. The maximum atomic E-state index is 2.35. The summed E-state index contributed by atoms with van der Waals surface area (Å²) >= 11 is 0. The Morgan fingerprint density at radius 2 is 1.14 bits per heavy atom. The molecule has 79 valence electrons. The van der Waals surface area contributed by atoms with Gasteiger partial charge in [-0.3, -0.25) is 0 Å². The Labute approximate surface area is 89.1 Å². The molecule has 0 unspecified atom stereocenters. The monoisotopic (exact) mass is 191 g/mol. The van der Waals surface area contributed by atoms with Crippen molar-refractivity contribution in [3.05, 3.63) is 30.7 Å². The highest BCUT2D eigenvalue weighted by molar-refractivity contribution is 4.96. The molecule has 0 heteroatoms. The van der Waals surface area contributed by atoms with Crippen LogP contribution in [0, 0.1) is 6.42 Å². The van der Waals surface area contributed by atoms with Gasteiger partial charge in [-0.2, -0.15) is 0 Å². The van der Waals surface area contributed by atoms with Gasteiger partial charge in [-0.1, -0.05) is 43.6 Å². The third-order valence-electron chi connectivity index (χ3n) is 2.68. The Bertz CT molecular complexity index is 147. The quantitative estimate of drug-likeness (QED) is 0.481. The van der Waals surface area contributed by atoms with Crippen LogP contribution in [0.15, 0.2) is 24.3 Å². The minimum absolute atomic E-state index is 1.20. The van der Waals surface area contributed by atoms with Gasteiger partial charge in [0.05, 0.1) is 0 Å². The average Bonchev–Trinajstić information content (AvgIpc) is 2.22. The molecule has 0 aliphatic heterocycles. The summed E-state index contributed by atoms with van der Waals surface area (Å²) in [4.78, 5) is 0. The average molecular weight is 191 g/mol. The predicted molar refractivity (Wildman–Crippen MR) is 64.1 cm³/mol. The van der Waals surface area contributed by atoms with Gasteiger partial charge >= 0.3 is 0 Å². The summed E-state index contributed by atoms with van der Waals surface area (Å²) in [6.07, 6.45) is 23.5. The van der Waals surface area contributed by atoms with Crippen molar-refractivity contribution >= 4 is 0 Å². The van der Waals surface area contributed by atoms with Gasteiger partial charge in [-0.25, -0.2) is 0 Å². The Kier molecular flexibility index (Phi) is 7.47. The van der Waals surface area contributed by atoms with Crippen molar-refractivity contribution < 1.29 is 0 Å². The molecule has 1 aliphatic rings. The van der Waals surface area contributed by atoms with Gasteiger partial charge in [-0.05, 0) is 44.9 Å². The summed E-state index contributed by atoms with van der Waals surface area (Å²) in [5, 5.41) is 0. The Balaban J connectivity index is 2.16. The maximum absolute atomic E-state index is 2.35. The van der Waals surface area contributed by atoms with E-state index in [2.05, 4.69) is 30.7 Å². The van der Waals surface area contributed by atoms with Gasteiger partial charge < -0.3 is 0 Å². The zero-order valence-corrected chi connectivity index (χ0v) is 9.25. The van der Waals surface area contributed by atoms with Crippen molar-refractivity contribution in [2.75, 3.05) is 0 Å². The Hall–Kier alpha value is -0.520. The normalized spacial score (nSPS) is 26.3. The van der Waals surface area contributed by atoms with E-state index in [0.717, 1.165) is 0 Å². The van der Waals surface area contributed by atoms with Gasteiger partial charge in [0.2, 0.25) is 0 Å². The minimum atomic E-state index is 1.20. The van der Waals surface area contributed by atoms with Crippen molar-refractivity contribution in [2.24, 2.45) is 0 Å². The number of hydrogen-bond donors (Lipinski definition) is 0.